The van der Waals surface area contributed by atoms with Crippen LogP contribution in [-0.2, 0) is 38.0 Å². The van der Waals surface area contributed by atoms with Gasteiger partial charge in [0, 0.05) is 23.5 Å². The van der Waals surface area contributed by atoms with Gasteiger partial charge in [0.15, 0.2) is 0 Å². The summed E-state index contributed by atoms with van der Waals surface area (Å²) < 4.78 is 27.8. The summed E-state index contributed by atoms with van der Waals surface area (Å²) in [5, 5.41) is 3.62. The quantitative estimate of drug-likeness (QED) is 0.232. The Labute approximate surface area is 291 Å². The Morgan fingerprint density at radius 3 is 1.94 bits per heavy atom. The van der Waals surface area contributed by atoms with Gasteiger partial charge in [-0.3, -0.25) is 13.9 Å². The van der Waals surface area contributed by atoms with Gasteiger partial charge in [-0.05, 0) is 123 Å². The number of hydrogen-bond donors (Lipinski definition) is 1. The molecule has 7 nitrogen and oxygen atoms in total. The van der Waals surface area contributed by atoms with E-state index < -0.39 is 34.1 Å². The van der Waals surface area contributed by atoms with Crippen LogP contribution < -0.4 is 9.62 Å². The zero-order chi connectivity index (χ0) is 34.3. The number of carbonyl (C=O) groups is 2. The minimum atomic E-state index is -3.85. The zero-order valence-electron chi connectivity index (χ0n) is 28.5. The maximum atomic E-state index is 14.5. The normalized spacial score (nSPS) is 23.8. The highest BCUT2D eigenvalue weighted by Gasteiger charge is 2.51. The highest BCUT2D eigenvalue weighted by molar-refractivity contribution is 7.92. The zero-order valence-corrected chi connectivity index (χ0v) is 30.1. The second kappa shape index (κ2) is 13.5. The summed E-state index contributed by atoms with van der Waals surface area (Å²) >= 11 is 6.17. The molecule has 4 bridgehead atoms. The van der Waals surface area contributed by atoms with Crippen molar-refractivity contribution in [3.05, 3.63) is 101 Å². The third kappa shape index (κ3) is 7.92. The number of hydrogen-bond acceptors (Lipinski definition) is 4. The number of halogens is 1. The van der Waals surface area contributed by atoms with E-state index in [2.05, 4.69) is 17.4 Å². The first-order valence-electron chi connectivity index (χ1n) is 17.2. The van der Waals surface area contributed by atoms with Gasteiger partial charge in [-0.1, -0.05) is 66.2 Å². The van der Waals surface area contributed by atoms with Crippen LogP contribution in [0.25, 0.3) is 0 Å². The summed E-state index contributed by atoms with van der Waals surface area (Å²) in [5.74, 6) is 1.62. The lowest BCUT2D eigenvalue weighted by Crippen LogP contribution is -2.56. The molecule has 1 atom stereocenters. The van der Waals surface area contributed by atoms with Gasteiger partial charge >= 0.3 is 0 Å². The molecule has 4 aliphatic carbocycles. The lowest BCUT2D eigenvalue weighted by atomic mass is 9.48. The number of benzene rings is 3. The Hall–Kier alpha value is -3.36. The Morgan fingerprint density at radius 2 is 1.42 bits per heavy atom. The first-order valence-corrected chi connectivity index (χ1v) is 19.4. The van der Waals surface area contributed by atoms with Gasteiger partial charge in [-0.25, -0.2) is 8.42 Å². The Bertz CT molecular complexity index is 1680. The Morgan fingerprint density at radius 1 is 0.854 bits per heavy atom. The van der Waals surface area contributed by atoms with Gasteiger partial charge < -0.3 is 10.2 Å². The molecular formula is C39H48ClN3O4S. The van der Waals surface area contributed by atoms with Crippen LogP contribution in [0.5, 0.6) is 0 Å². The molecule has 3 aromatic rings. The smallest absolute Gasteiger partial charge is 0.244 e. The van der Waals surface area contributed by atoms with Crippen molar-refractivity contribution in [2.75, 3.05) is 17.1 Å². The molecule has 256 valence electrons. The number of nitrogens with one attached hydrogen (secondary N) is 1. The Balaban J connectivity index is 1.31. The van der Waals surface area contributed by atoms with Crippen molar-refractivity contribution in [3.63, 3.8) is 0 Å². The molecule has 0 saturated heterocycles. The van der Waals surface area contributed by atoms with Crippen LogP contribution >= 0.6 is 11.6 Å². The topological polar surface area (TPSA) is 86.8 Å². The predicted molar refractivity (Wildman–Crippen MR) is 192 cm³/mol. The van der Waals surface area contributed by atoms with Crippen LogP contribution in [-0.4, -0.2) is 49.5 Å². The summed E-state index contributed by atoms with van der Waals surface area (Å²) in [4.78, 5) is 29.9. The van der Waals surface area contributed by atoms with E-state index in [1.54, 1.807) is 12.1 Å². The third-order valence-electron chi connectivity index (χ3n) is 10.5. The van der Waals surface area contributed by atoms with Gasteiger partial charge in [-0.15, -0.1) is 0 Å². The molecule has 4 aliphatic rings. The molecule has 0 spiro atoms. The molecule has 1 N–H and O–H groups in total. The largest absolute Gasteiger partial charge is 0.350 e. The number of sulfonamides is 1. The molecular weight excluding hydrogens is 642 g/mol. The van der Waals surface area contributed by atoms with Crippen molar-refractivity contribution < 1.29 is 18.0 Å². The van der Waals surface area contributed by atoms with Crippen LogP contribution in [0.15, 0.2) is 78.9 Å². The molecule has 0 heterocycles. The molecule has 0 radical (unpaired) electrons. The maximum Gasteiger partial charge on any atom is 0.244 e. The van der Waals surface area contributed by atoms with Crippen LogP contribution in [0.1, 0.15) is 76.0 Å². The molecule has 0 unspecified atom stereocenters. The van der Waals surface area contributed by atoms with E-state index in [0.29, 0.717) is 10.7 Å². The minimum Gasteiger partial charge on any atom is -0.350 e. The predicted octanol–water partition coefficient (Wildman–Crippen LogP) is 7.13. The molecule has 48 heavy (non-hydrogen) atoms. The monoisotopic (exact) mass is 689 g/mol. The fraction of sp³-hybridized carbons (Fsp3) is 0.487. The van der Waals surface area contributed by atoms with E-state index in [1.807, 2.05) is 75.4 Å². The minimum absolute atomic E-state index is 0.105. The Kier molecular flexibility index (Phi) is 9.71. The summed E-state index contributed by atoms with van der Waals surface area (Å²) in [6.45, 7) is 5.36. The fourth-order valence-corrected chi connectivity index (χ4v) is 9.83. The molecule has 2 amide bonds. The summed E-state index contributed by atoms with van der Waals surface area (Å²) in [6.07, 6.45) is 9.10. The van der Waals surface area contributed by atoms with Crippen LogP contribution in [0, 0.1) is 17.8 Å². The summed E-state index contributed by atoms with van der Waals surface area (Å²) in [6, 6.07) is 23.7. The van der Waals surface area contributed by atoms with Crippen molar-refractivity contribution in [2.45, 2.75) is 89.3 Å². The number of rotatable bonds is 11. The van der Waals surface area contributed by atoms with E-state index in [0.717, 1.165) is 35.1 Å². The first kappa shape index (κ1) is 34.5. The van der Waals surface area contributed by atoms with E-state index >= 15 is 0 Å². The van der Waals surface area contributed by atoms with E-state index in [4.69, 9.17) is 11.6 Å². The number of nitrogens with zero attached hydrogens (tertiary/aromatic N) is 2. The average Bonchev–Trinajstić information content (AvgIpc) is 3.01. The van der Waals surface area contributed by atoms with E-state index in [1.165, 1.54) is 53.3 Å². The van der Waals surface area contributed by atoms with Crippen LogP contribution in [0.4, 0.5) is 5.69 Å². The van der Waals surface area contributed by atoms with Gasteiger partial charge in [-0.2, -0.15) is 0 Å². The molecule has 7 rings (SSSR count). The second-order valence-electron chi connectivity index (χ2n) is 15.6. The van der Waals surface area contributed by atoms with Crippen molar-refractivity contribution in [1.29, 1.82) is 0 Å². The third-order valence-corrected chi connectivity index (χ3v) is 11.9. The van der Waals surface area contributed by atoms with Crippen molar-refractivity contribution in [1.82, 2.24) is 10.2 Å². The first-order chi connectivity index (χ1) is 22.7. The molecule has 0 aliphatic heterocycles. The van der Waals surface area contributed by atoms with Gasteiger partial charge in [0.2, 0.25) is 21.8 Å². The number of carbonyl (C=O) groups excluding carboxylic acids is 2. The molecule has 4 fully saturated rings. The summed E-state index contributed by atoms with van der Waals surface area (Å²) in [5.41, 5.74) is 3.04. The van der Waals surface area contributed by atoms with Gasteiger partial charge in [0.1, 0.15) is 12.6 Å². The molecule has 9 heteroatoms. The number of amides is 2. The fourth-order valence-electron chi connectivity index (χ4n) is 8.85. The molecule has 0 aromatic heterocycles. The molecule has 4 saturated carbocycles. The van der Waals surface area contributed by atoms with Crippen molar-refractivity contribution in [2.24, 2.45) is 17.8 Å². The summed E-state index contributed by atoms with van der Waals surface area (Å²) in [7, 11) is -3.85. The highest BCUT2D eigenvalue weighted by Crippen LogP contribution is 2.60. The van der Waals surface area contributed by atoms with Crippen LogP contribution in [0.2, 0.25) is 5.02 Å². The van der Waals surface area contributed by atoms with Crippen molar-refractivity contribution in [3.8, 4) is 0 Å². The SMILES string of the molecule is CC(C)(C)NC(=O)[C@H](Cc1ccccc1)N(Cc1ccc(Cl)cc1)C(=O)CN(c1ccc(C23CC4CC(CC(C4)C2)C3)cc1)S(C)(=O)=O. The lowest BCUT2D eigenvalue weighted by molar-refractivity contribution is -0.140. The standard InChI is InChI=1S/C39H48ClN3O4S/c1-38(2,3)41-37(45)35(21-27-8-6-5-7-9-27)42(25-28-10-14-33(40)15-11-28)36(44)26-43(48(4,46)47)34-16-12-32(13-17-34)39-22-29-18-30(23-39)20-31(19-29)24-39/h5-17,29-31,35H,18-26H2,1-4H3,(H,41,45)/t29?,30?,31?,35-,39?/m0/s1. The van der Waals surface area contributed by atoms with E-state index in [9.17, 15) is 18.0 Å². The average molecular weight is 690 g/mol. The van der Waals surface area contributed by atoms with E-state index in [-0.39, 0.29) is 24.3 Å². The van der Waals surface area contributed by atoms with Crippen molar-refractivity contribution >= 4 is 39.1 Å². The number of anilines is 1. The second-order valence-corrected chi connectivity index (χ2v) is 18.0. The van der Waals surface area contributed by atoms with Gasteiger partial charge in [0.25, 0.3) is 0 Å². The van der Waals surface area contributed by atoms with Crippen LogP contribution in [0.3, 0.4) is 0 Å². The van der Waals surface area contributed by atoms with Gasteiger partial charge in [0.05, 0.1) is 11.9 Å². The highest BCUT2D eigenvalue weighted by atomic mass is 35.5. The maximum absolute atomic E-state index is 14.5. The molecule has 3 aromatic carbocycles. The lowest BCUT2D eigenvalue weighted by Gasteiger charge is -2.57.